The summed E-state index contributed by atoms with van der Waals surface area (Å²) in [7, 11) is 1.91. The molecule has 0 aliphatic heterocycles. The summed E-state index contributed by atoms with van der Waals surface area (Å²) in [6.07, 6.45) is 2.13. The van der Waals surface area contributed by atoms with Crippen molar-refractivity contribution >= 4 is 17.4 Å². The summed E-state index contributed by atoms with van der Waals surface area (Å²) in [5.74, 6) is 0.759. The summed E-state index contributed by atoms with van der Waals surface area (Å²) in [6.45, 7) is 2.52. The van der Waals surface area contributed by atoms with Crippen LogP contribution >= 0.6 is 11.6 Å². The fourth-order valence-electron chi connectivity index (χ4n) is 1.14. The highest BCUT2D eigenvalue weighted by atomic mass is 35.5. The quantitative estimate of drug-likeness (QED) is 0.832. The lowest BCUT2D eigenvalue weighted by Gasteiger charge is -2.19. The smallest absolute Gasteiger partial charge is 0.147 e. The minimum absolute atomic E-state index is 0.292. The number of hydrogen-bond acceptors (Lipinski definition) is 3. The van der Waals surface area contributed by atoms with Gasteiger partial charge in [0.05, 0.1) is 11.1 Å². The van der Waals surface area contributed by atoms with Crippen LogP contribution in [0.25, 0.3) is 0 Å². The highest BCUT2D eigenvalue weighted by Gasteiger charge is 2.07. The van der Waals surface area contributed by atoms with E-state index in [0.717, 1.165) is 12.4 Å². The van der Waals surface area contributed by atoms with E-state index in [1.54, 1.807) is 19.2 Å². The molecule has 78 valence electrons. The lowest BCUT2D eigenvalue weighted by Crippen LogP contribution is -2.22. The van der Waals surface area contributed by atoms with E-state index in [4.69, 9.17) is 16.7 Å². The van der Waals surface area contributed by atoms with E-state index in [1.165, 1.54) is 0 Å². The van der Waals surface area contributed by atoms with Crippen LogP contribution < -0.4 is 4.90 Å². The number of hydrogen-bond donors (Lipinski definition) is 1. The third-order valence-electron chi connectivity index (χ3n) is 1.98. The van der Waals surface area contributed by atoms with Gasteiger partial charge >= 0.3 is 0 Å². The van der Waals surface area contributed by atoms with Crippen molar-refractivity contribution in [3.63, 3.8) is 0 Å². The highest BCUT2D eigenvalue weighted by molar-refractivity contribution is 6.32. The highest BCUT2D eigenvalue weighted by Crippen LogP contribution is 2.21. The van der Waals surface area contributed by atoms with E-state index < -0.39 is 0 Å². The Hall–Kier alpha value is -0.800. The molecule has 0 spiro atoms. The molecule has 1 atom stereocenters. The Labute approximate surface area is 89.3 Å². The zero-order valence-corrected chi connectivity index (χ0v) is 9.20. The van der Waals surface area contributed by atoms with Crippen LogP contribution in [0.3, 0.4) is 0 Å². The Bertz CT molecular complexity index is 291. The van der Waals surface area contributed by atoms with Crippen molar-refractivity contribution in [1.82, 2.24) is 4.98 Å². The van der Waals surface area contributed by atoms with Crippen LogP contribution in [0.1, 0.15) is 13.3 Å². The van der Waals surface area contributed by atoms with E-state index >= 15 is 0 Å². The molecule has 14 heavy (non-hydrogen) atoms. The number of aliphatic hydroxyl groups is 1. The third kappa shape index (κ3) is 3.16. The van der Waals surface area contributed by atoms with Gasteiger partial charge in [0, 0.05) is 19.8 Å². The number of anilines is 1. The van der Waals surface area contributed by atoms with Gasteiger partial charge in [-0.05, 0) is 25.5 Å². The van der Waals surface area contributed by atoms with E-state index in [-0.39, 0.29) is 6.10 Å². The van der Waals surface area contributed by atoms with Gasteiger partial charge in [-0.15, -0.1) is 0 Å². The van der Waals surface area contributed by atoms with Gasteiger partial charge in [0.25, 0.3) is 0 Å². The van der Waals surface area contributed by atoms with Gasteiger partial charge < -0.3 is 10.0 Å². The number of nitrogens with zero attached hydrogens (tertiary/aromatic N) is 2. The van der Waals surface area contributed by atoms with Gasteiger partial charge in [-0.2, -0.15) is 0 Å². The average Bonchev–Trinajstić information content (AvgIpc) is 2.15. The second-order valence-electron chi connectivity index (χ2n) is 3.37. The van der Waals surface area contributed by atoms with Crippen LogP contribution in [0, 0.1) is 0 Å². The van der Waals surface area contributed by atoms with Crippen LogP contribution in [-0.2, 0) is 0 Å². The zero-order valence-electron chi connectivity index (χ0n) is 8.44. The summed E-state index contributed by atoms with van der Waals surface area (Å²) in [5.41, 5.74) is 0. The van der Waals surface area contributed by atoms with Gasteiger partial charge in [-0.3, -0.25) is 0 Å². The predicted octanol–water partition coefficient (Wildman–Crippen LogP) is 1.94. The molecule has 0 bridgehead atoms. The van der Waals surface area contributed by atoms with Crippen molar-refractivity contribution in [1.29, 1.82) is 0 Å². The maximum Gasteiger partial charge on any atom is 0.147 e. The monoisotopic (exact) mass is 214 g/mol. The Kier molecular flexibility index (Phi) is 4.17. The second-order valence-corrected chi connectivity index (χ2v) is 3.78. The maximum absolute atomic E-state index is 9.14. The summed E-state index contributed by atoms with van der Waals surface area (Å²) in [6, 6.07) is 3.61. The maximum atomic E-state index is 9.14. The molecule has 0 aromatic carbocycles. The normalized spacial score (nSPS) is 12.6. The van der Waals surface area contributed by atoms with Crippen LogP contribution in [0.5, 0.6) is 0 Å². The molecule has 0 saturated heterocycles. The number of aromatic nitrogens is 1. The molecule has 0 aliphatic carbocycles. The Morgan fingerprint density at radius 3 is 2.93 bits per heavy atom. The topological polar surface area (TPSA) is 36.4 Å². The minimum atomic E-state index is -0.292. The number of pyridine rings is 1. The molecule has 0 saturated carbocycles. The molecular formula is C10H15ClN2O. The first-order chi connectivity index (χ1) is 6.61. The van der Waals surface area contributed by atoms with Gasteiger partial charge in [0.2, 0.25) is 0 Å². The van der Waals surface area contributed by atoms with Crippen molar-refractivity contribution in [3.05, 3.63) is 23.4 Å². The molecule has 1 aromatic heterocycles. The SMILES string of the molecule is CC(O)CCN(C)c1ncccc1Cl. The Morgan fingerprint density at radius 2 is 2.36 bits per heavy atom. The average molecular weight is 215 g/mol. The first-order valence-electron chi connectivity index (χ1n) is 4.61. The van der Waals surface area contributed by atoms with E-state index in [0.29, 0.717) is 11.4 Å². The number of rotatable bonds is 4. The number of aliphatic hydroxyl groups excluding tert-OH is 1. The molecule has 1 N–H and O–H groups in total. The van der Waals surface area contributed by atoms with Crippen molar-refractivity contribution in [2.24, 2.45) is 0 Å². The molecule has 0 aliphatic rings. The molecule has 0 fully saturated rings. The van der Waals surface area contributed by atoms with Crippen LogP contribution in [0.2, 0.25) is 5.02 Å². The van der Waals surface area contributed by atoms with E-state index in [2.05, 4.69) is 4.98 Å². The lowest BCUT2D eigenvalue weighted by atomic mass is 10.3. The summed E-state index contributed by atoms with van der Waals surface area (Å²) in [4.78, 5) is 6.11. The van der Waals surface area contributed by atoms with Crippen LogP contribution in [0.15, 0.2) is 18.3 Å². The van der Waals surface area contributed by atoms with Crippen molar-refractivity contribution < 1.29 is 5.11 Å². The largest absolute Gasteiger partial charge is 0.393 e. The zero-order chi connectivity index (χ0) is 10.6. The molecule has 1 rings (SSSR count). The molecule has 1 unspecified atom stereocenters. The van der Waals surface area contributed by atoms with Crippen LogP contribution in [0.4, 0.5) is 5.82 Å². The molecule has 1 aromatic rings. The van der Waals surface area contributed by atoms with Gasteiger partial charge in [0.15, 0.2) is 0 Å². The third-order valence-corrected chi connectivity index (χ3v) is 2.28. The van der Waals surface area contributed by atoms with Crippen molar-refractivity contribution in [3.8, 4) is 0 Å². The predicted molar refractivity (Wildman–Crippen MR) is 58.8 cm³/mol. The van der Waals surface area contributed by atoms with E-state index in [9.17, 15) is 0 Å². The summed E-state index contributed by atoms with van der Waals surface area (Å²) < 4.78 is 0. The fraction of sp³-hybridized carbons (Fsp3) is 0.500. The summed E-state index contributed by atoms with van der Waals surface area (Å²) >= 11 is 5.97. The summed E-state index contributed by atoms with van der Waals surface area (Å²) in [5, 5.41) is 9.78. The molecule has 3 nitrogen and oxygen atoms in total. The van der Waals surface area contributed by atoms with Gasteiger partial charge in [0.1, 0.15) is 5.82 Å². The first-order valence-corrected chi connectivity index (χ1v) is 4.98. The Balaban J connectivity index is 2.60. The standard InChI is InChI=1S/C10H15ClN2O/c1-8(14)5-7-13(2)10-9(11)4-3-6-12-10/h3-4,6,8,14H,5,7H2,1-2H3. The first kappa shape index (κ1) is 11.3. The minimum Gasteiger partial charge on any atom is -0.393 e. The Morgan fingerprint density at radius 1 is 1.64 bits per heavy atom. The molecule has 1 heterocycles. The molecular weight excluding hydrogens is 200 g/mol. The van der Waals surface area contributed by atoms with Gasteiger partial charge in [-0.1, -0.05) is 11.6 Å². The molecule has 4 heteroatoms. The van der Waals surface area contributed by atoms with E-state index in [1.807, 2.05) is 18.0 Å². The van der Waals surface area contributed by atoms with Crippen molar-refractivity contribution in [2.75, 3.05) is 18.5 Å². The second kappa shape index (κ2) is 5.17. The van der Waals surface area contributed by atoms with Crippen molar-refractivity contribution in [2.45, 2.75) is 19.4 Å². The number of halogens is 1. The molecule has 0 radical (unpaired) electrons. The molecule has 0 amide bonds. The lowest BCUT2D eigenvalue weighted by molar-refractivity contribution is 0.187. The van der Waals surface area contributed by atoms with Gasteiger partial charge in [-0.25, -0.2) is 4.98 Å². The fourth-order valence-corrected chi connectivity index (χ4v) is 1.41. The van der Waals surface area contributed by atoms with Crippen LogP contribution in [-0.4, -0.2) is 29.8 Å².